The Hall–Kier alpha value is -0.610. The van der Waals surface area contributed by atoms with E-state index in [9.17, 15) is 9.90 Å². The molecule has 1 heterocycles. The molecule has 0 saturated carbocycles. The molecule has 1 atom stereocenters. The van der Waals surface area contributed by atoms with Gasteiger partial charge in [0.05, 0.1) is 11.5 Å². The van der Waals surface area contributed by atoms with Gasteiger partial charge < -0.3 is 15.1 Å². The van der Waals surface area contributed by atoms with Crippen LogP contribution in [0.5, 0.6) is 0 Å². The van der Waals surface area contributed by atoms with Gasteiger partial charge in [-0.1, -0.05) is 13.8 Å². The van der Waals surface area contributed by atoms with Crippen LogP contribution in [0.2, 0.25) is 0 Å². The highest BCUT2D eigenvalue weighted by molar-refractivity contribution is 5.71. The molecule has 1 aliphatic rings. The molecule has 0 bridgehead atoms. The fourth-order valence-corrected chi connectivity index (χ4v) is 2.30. The summed E-state index contributed by atoms with van der Waals surface area (Å²) >= 11 is 0. The second-order valence-electron chi connectivity index (χ2n) is 5.36. The highest BCUT2D eigenvalue weighted by atomic mass is 16.4. The van der Waals surface area contributed by atoms with Crippen LogP contribution in [0.4, 0.5) is 0 Å². The molecular weight excluding hydrogens is 206 g/mol. The Bertz CT molecular complexity index is 245. The molecule has 1 rings (SSSR count). The number of hydrogen-bond acceptors (Lipinski definition) is 3. The molecule has 0 aromatic rings. The minimum atomic E-state index is -1.01. The molecule has 1 fully saturated rings. The van der Waals surface area contributed by atoms with Crippen LogP contribution in [0.25, 0.3) is 0 Å². The summed E-state index contributed by atoms with van der Waals surface area (Å²) in [5.41, 5.74) is -1.01. The van der Waals surface area contributed by atoms with E-state index < -0.39 is 17.5 Å². The molecule has 1 aliphatic heterocycles. The minimum absolute atomic E-state index is 0.563. The number of piperidine rings is 1. The number of aliphatic carboxylic acids is 1. The fourth-order valence-electron chi connectivity index (χ4n) is 2.30. The van der Waals surface area contributed by atoms with Crippen molar-refractivity contribution < 1.29 is 15.0 Å². The molecule has 94 valence electrons. The number of rotatable bonds is 4. The van der Waals surface area contributed by atoms with Crippen molar-refractivity contribution in [1.82, 2.24) is 4.90 Å². The van der Waals surface area contributed by atoms with E-state index in [4.69, 9.17) is 5.11 Å². The molecule has 0 aliphatic carbocycles. The topological polar surface area (TPSA) is 60.8 Å². The molecule has 1 unspecified atom stereocenters. The lowest BCUT2D eigenvalue weighted by Crippen LogP contribution is -2.50. The third kappa shape index (κ3) is 3.19. The van der Waals surface area contributed by atoms with Crippen LogP contribution in [0, 0.1) is 11.8 Å². The second kappa shape index (κ2) is 5.15. The third-order valence-electron chi connectivity index (χ3n) is 3.52. The number of hydrogen-bond donors (Lipinski definition) is 2. The smallest absolute Gasteiger partial charge is 0.309 e. The number of carbonyl (C=O) groups is 1. The summed E-state index contributed by atoms with van der Waals surface area (Å²) in [4.78, 5) is 13.2. The predicted octanol–water partition coefficient (Wildman–Crippen LogP) is 1.19. The predicted molar refractivity (Wildman–Crippen MR) is 62.3 cm³/mol. The van der Waals surface area contributed by atoms with E-state index in [1.165, 1.54) is 0 Å². The average Bonchev–Trinajstić information content (AvgIpc) is 2.20. The van der Waals surface area contributed by atoms with E-state index in [1.807, 2.05) is 0 Å². The molecule has 1 saturated heterocycles. The van der Waals surface area contributed by atoms with Crippen molar-refractivity contribution in [3.05, 3.63) is 0 Å². The summed E-state index contributed by atoms with van der Waals surface area (Å²) in [7, 11) is 0. The standard InChI is InChI=1S/C12H23NO3/c1-9(2)8-13-6-4-12(16,5-7-13)10(3)11(14)15/h9-10,16H,4-8H2,1-3H3,(H,14,15). The Labute approximate surface area is 97.3 Å². The lowest BCUT2D eigenvalue weighted by molar-refractivity contribution is -0.154. The molecular formula is C12H23NO3. The largest absolute Gasteiger partial charge is 0.481 e. The minimum Gasteiger partial charge on any atom is -0.481 e. The molecule has 16 heavy (non-hydrogen) atoms. The van der Waals surface area contributed by atoms with Crippen LogP contribution < -0.4 is 0 Å². The van der Waals surface area contributed by atoms with Crippen LogP contribution in [0.3, 0.4) is 0 Å². The van der Waals surface area contributed by atoms with Gasteiger partial charge >= 0.3 is 5.97 Å². The van der Waals surface area contributed by atoms with E-state index >= 15 is 0 Å². The molecule has 0 aromatic heterocycles. The van der Waals surface area contributed by atoms with Crippen molar-refractivity contribution >= 4 is 5.97 Å². The highest BCUT2D eigenvalue weighted by Crippen LogP contribution is 2.30. The number of likely N-dealkylation sites (tertiary alicyclic amines) is 1. The maximum absolute atomic E-state index is 10.9. The first-order valence-corrected chi connectivity index (χ1v) is 6.02. The van der Waals surface area contributed by atoms with Crippen LogP contribution >= 0.6 is 0 Å². The second-order valence-corrected chi connectivity index (χ2v) is 5.36. The van der Waals surface area contributed by atoms with Crippen LogP contribution in [0.1, 0.15) is 33.6 Å². The van der Waals surface area contributed by atoms with Gasteiger partial charge in [0.1, 0.15) is 0 Å². The van der Waals surface area contributed by atoms with Gasteiger partial charge in [0.25, 0.3) is 0 Å². The van der Waals surface area contributed by atoms with E-state index in [0.29, 0.717) is 18.8 Å². The maximum atomic E-state index is 10.9. The van der Waals surface area contributed by atoms with Crippen LogP contribution in [-0.4, -0.2) is 46.3 Å². The normalized spacial score (nSPS) is 23.3. The molecule has 0 spiro atoms. The average molecular weight is 229 g/mol. The SMILES string of the molecule is CC(C)CN1CCC(O)(C(C)C(=O)O)CC1. The Morgan fingerprint density at radius 1 is 1.31 bits per heavy atom. The molecule has 0 amide bonds. The molecule has 4 nitrogen and oxygen atoms in total. The van der Waals surface area contributed by atoms with Crippen molar-refractivity contribution in [2.75, 3.05) is 19.6 Å². The monoisotopic (exact) mass is 229 g/mol. The zero-order valence-electron chi connectivity index (χ0n) is 10.4. The maximum Gasteiger partial charge on any atom is 0.309 e. The third-order valence-corrected chi connectivity index (χ3v) is 3.52. The van der Waals surface area contributed by atoms with Crippen molar-refractivity contribution in [3.63, 3.8) is 0 Å². The van der Waals surface area contributed by atoms with Gasteiger partial charge in [-0.2, -0.15) is 0 Å². The Balaban J connectivity index is 2.49. The lowest BCUT2D eigenvalue weighted by Gasteiger charge is -2.40. The summed E-state index contributed by atoms with van der Waals surface area (Å²) in [6, 6.07) is 0. The summed E-state index contributed by atoms with van der Waals surface area (Å²) < 4.78 is 0. The zero-order chi connectivity index (χ0) is 12.3. The van der Waals surface area contributed by atoms with E-state index in [0.717, 1.165) is 19.6 Å². The number of nitrogens with zero attached hydrogens (tertiary/aromatic N) is 1. The van der Waals surface area contributed by atoms with E-state index in [1.54, 1.807) is 6.92 Å². The van der Waals surface area contributed by atoms with Crippen molar-refractivity contribution in [2.45, 2.75) is 39.2 Å². The van der Waals surface area contributed by atoms with Gasteiger partial charge in [0.2, 0.25) is 0 Å². The van der Waals surface area contributed by atoms with Gasteiger partial charge in [0, 0.05) is 19.6 Å². The molecule has 2 N–H and O–H groups in total. The van der Waals surface area contributed by atoms with Crippen molar-refractivity contribution in [2.24, 2.45) is 11.8 Å². The Morgan fingerprint density at radius 3 is 2.19 bits per heavy atom. The van der Waals surface area contributed by atoms with Crippen molar-refractivity contribution in [1.29, 1.82) is 0 Å². The van der Waals surface area contributed by atoms with Gasteiger partial charge in [0.15, 0.2) is 0 Å². The van der Waals surface area contributed by atoms with Gasteiger partial charge in [-0.05, 0) is 25.7 Å². The molecule has 0 aromatic carbocycles. The number of carboxylic acids is 1. The summed E-state index contributed by atoms with van der Waals surface area (Å²) in [6.07, 6.45) is 1.13. The zero-order valence-corrected chi connectivity index (χ0v) is 10.4. The number of carboxylic acid groups (broad SMARTS) is 1. The fraction of sp³-hybridized carbons (Fsp3) is 0.917. The molecule has 4 heteroatoms. The number of aliphatic hydroxyl groups is 1. The van der Waals surface area contributed by atoms with Crippen LogP contribution in [0.15, 0.2) is 0 Å². The first kappa shape index (κ1) is 13.5. The van der Waals surface area contributed by atoms with Gasteiger partial charge in [-0.25, -0.2) is 0 Å². The van der Waals surface area contributed by atoms with Crippen molar-refractivity contribution in [3.8, 4) is 0 Å². The Morgan fingerprint density at radius 2 is 1.81 bits per heavy atom. The van der Waals surface area contributed by atoms with Gasteiger partial charge in [-0.15, -0.1) is 0 Å². The summed E-state index contributed by atoms with van der Waals surface area (Å²) in [5, 5.41) is 19.2. The van der Waals surface area contributed by atoms with E-state index in [2.05, 4.69) is 18.7 Å². The summed E-state index contributed by atoms with van der Waals surface area (Å²) in [6.45, 7) is 8.55. The Kier molecular flexibility index (Phi) is 4.33. The highest BCUT2D eigenvalue weighted by Gasteiger charge is 2.40. The lowest BCUT2D eigenvalue weighted by atomic mass is 9.80. The quantitative estimate of drug-likeness (QED) is 0.760. The van der Waals surface area contributed by atoms with E-state index in [-0.39, 0.29) is 0 Å². The van der Waals surface area contributed by atoms with Gasteiger partial charge in [-0.3, -0.25) is 4.79 Å². The first-order chi connectivity index (χ1) is 7.35. The first-order valence-electron chi connectivity index (χ1n) is 6.02. The summed E-state index contributed by atoms with van der Waals surface area (Å²) in [5.74, 6) is -0.961. The van der Waals surface area contributed by atoms with Crippen LogP contribution in [-0.2, 0) is 4.79 Å². The molecule has 0 radical (unpaired) electrons.